The summed E-state index contributed by atoms with van der Waals surface area (Å²) in [6, 6.07) is 0. The summed E-state index contributed by atoms with van der Waals surface area (Å²) in [5.74, 6) is 0.230. The number of piperidine rings is 1. The molecule has 1 amide bonds. The number of hydrogen-bond donors (Lipinski definition) is 1. The van der Waals surface area contributed by atoms with Crippen LogP contribution in [-0.4, -0.2) is 47.8 Å². The Morgan fingerprint density at radius 1 is 1.24 bits per heavy atom. The molecule has 3 heterocycles. The van der Waals surface area contributed by atoms with Gasteiger partial charge in [-0.2, -0.15) is 4.31 Å². The van der Waals surface area contributed by atoms with E-state index < -0.39 is 15.6 Å². The highest BCUT2D eigenvalue weighted by Crippen LogP contribution is 2.35. The van der Waals surface area contributed by atoms with Crippen molar-refractivity contribution in [2.75, 3.05) is 19.6 Å². The van der Waals surface area contributed by atoms with Gasteiger partial charge in [-0.15, -0.1) is 11.3 Å². The van der Waals surface area contributed by atoms with Crippen molar-refractivity contribution < 1.29 is 13.2 Å². The van der Waals surface area contributed by atoms with Gasteiger partial charge in [0, 0.05) is 24.5 Å². The van der Waals surface area contributed by atoms with Gasteiger partial charge in [0.1, 0.15) is 16.3 Å². The normalized spacial score (nSPS) is 22.0. The number of amides is 1. The van der Waals surface area contributed by atoms with Gasteiger partial charge in [0.25, 0.3) is 5.56 Å². The first-order chi connectivity index (χ1) is 16.2. The van der Waals surface area contributed by atoms with Crippen molar-refractivity contribution in [3.63, 3.8) is 0 Å². The summed E-state index contributed by atoms with van der Waals surface area (Å²) in [4.78, 5) is 31.2. The van der Waals surface area contributed by atoms with Crippen molar-refractivity contribution >= 4 is 37.5 Å². The molecule has 8 nitrogen and oxygen atoms in total. The monoisotopic (exact) mass is 506 g/mol. The highest BCUT2D eigenvalue weighted by atomic mass is 32.2. The molecule has 10 heteroatoms. The minimum atomic E-state index is -3.85. The third-order valence-electron chi connectivity index (χ3n) is 6.70. The standard InChI is InChI=1S/C24H34N4O4S2/c1-16-11-17(2)13-28(12-16)34(31,32)22-18(3)33-23-21(22)24(30)27(15-26-23)14-20(29)25-10-9-19-7-5-4-6-8-19/h7,15-17H,4-6,8-14H2,1-3H3,(H,25,29)/t16-,17+. The van der Waals surface area contributed by atoms with Crippen molar-refractivity contribution in [2.45, 2.75) is 70.7 Å². The van der Waals surface area contributed by atoms with Crippen LogP contribution in [-0.2, 0) is 21.4 Å². The first-order valence-electron chi connectivity index (χ1n) is 12.1. The van der Waals surface area contributed by atoms with Crippen LogP contribution in [0.1, 0.15) is 57.2 Å². The van der Waals surface area contributed by atoms with E-state index >= 15 is 0 Å². The Labute approximate surface area is 205 Å². The number of hydrogen-bond acceptors (Lipinski definition) is 6. The molecule has 4 rings (SSSR count). The summed E-state index contributed by atoms with van der Waals surface area (Å²) in [5.41, 5.74) is 0.882. The average Bonchev–Trinajstić information content (AvgIpc) is 3.13. The predicted molar refractivity (Wildman–Crippen MR) is 134 cm³/mol. The van der Waals surface area contributed by atoms with E-state index in [-0.39, 0.29) is 34.6 Å². The Morgan fingerprint density at radius 2 is 1.97 bits per heavy atom. The first-order valence-corrected chi connectivity index (χ1v) is 14.4. The summed E-state index contributed by atoms with van der Waals surface area (Å²) in [7, 11) is -3.85. The number of nitrogens with zero attached hydrogens (tertiary/aromatic N) is 3. The molecule has 0 spiro atoms. The lowest BCUT2D eigenvalue weighted by Crippen LogP contribution is -2.43. The van der Waals surface area contributed by atoms with Crippen LogP contribution in [0, 0.1) is 18.8 Å². The second kappa shape index (κ2) is 10.3. The maximum absolute atomic E-state index is 13.6. The smallest absolute Gasteiger partial charge is 0.263 e. The Kier molecular flexibility index (Phi) is 7.59. The number of carbonyl (C=O) groups excluding carboxylic acids is 1. The quantitative estimate of drug-likeness (QED) is 0.580. The Bertz CT molecular complexity index is 1250. The van der Waals surface area contributed by atoms with Crippen molar-refractivity contribution in [1.82, 2.24) is 19.2 Å². The van der Waals surface area contributed by atoms with Gasteiger partial charge in [0.15, 0.2) is 0 Å². The minimum absolute atomic E-state index is 0.0466. The van der Waals surface area contributed by atoms with Gasteiger partial charge in [0.05, 0.1) is 11.7 Å². The van der Waals surface area contributed by atoms with Gasteiger partial charge in [-0.05, 0) is 57.3 Å². The third-order valence-corrected chi connectivity index (χ3v) is 9.85. The molecule has 2 aromatic rings. The number of nitrogens with one attached hydrogen (secondary N) is 1. The molecular formula is C24H34N4O4S2. The number of rotatable bonds is 7. The van der Waals surface area contributed by atoms with E-state index in [1.54, 1.807) is 6.92 Å². The summed E-state index contributed by atoms with van der Waals surface area (Å²) >= 11 is 1.21. The zero-order valence-corrected chi connectivity index (χ0v) is 21.8. The lowest BCUT2D eigenvalue weighted by Gasteiger charge is -2.34. The van der Waals surface area contributed by atoms with Crippen LogP contribution in [0.2, 0.25) is 0 Å². The summed E-state index contributed by atoms with van der Waals surface area (Å²) in [5, 5.41) is 2.97. The third kappa shape index (κ3) is 5.28. The van der Waals surface area contributed by atoms with Gasteiger partial charge in [0.2, 0.25) is 15.9 Å². The zero-order chi connectivity index (χ0) is 24.5. The van der Waals surface area contributed by atoms with Crippen LogP contribution in [0.3, 0.4) is 0 Å². The van der Waals surface area contributed by atoms with E-state index in [1.807, 2.05) is 0 Å². The van der Waals surface area contributed by atoms with E-state index in [2.05, 4.69) is 30.2 Å². The van der Waals surface area contributed by atoms with E-state index in [4.69, 9.17) is 0 Å². The molecule has 2 aromatic heterocycles. The maximum Gasteiger partial charge on any atom is 0.263 e. The summed E-state index contributed by atoms with van der Waals surface area (Å²) in [6.07, 6.45) is 10.00. The summed E-state index contributed by atoms with van der Waals surface area (Å²) in [6.45, 7) is 7.04. The Morgan fingerprint density at radius 3 is 2.65 bits per heavy atom. The predicted octanol–water partition coefficient (Wildman–Crippen LogP) is 3.44. The largest absolute Gasteiger partial charge is 0.354 e. The number of fused-ring (bicyclic) bond motifs is 1. The molecule has 0 radical (unpaired) electrons. The second-order valence-electron chi connectivity index (χ2n) is 9.82. The van der Waals surface area contributed by atoms with Crippen LogP contribution in [0.25, 0.3) is 10.2 Å². The van der Waals surface area contributed by atoms with Crippen molar-refractivity contribution in [1.29, 1.82) is 0 Å². The minimum Gasteiger partial charge on any atom is -0.354 e. The fourth-order valence-corrected chi connectivity index (χ4v) is 8.52. The number of aryl methyl sites for hydroxylation is 1. The lowest BCUT2D eigenvalue weighted by atomic mass is 9.94. The molecule has 0 aromatic carbocycles. The van der Waals surface area contributed by atoms with Crippen molar-refractivity contribution in [2.24, 2.45) is 11.8 Å². The molecule has 0 saturated carbocycles. The zero-order valence-electron chi connectivity index (χ0n) is 20.2. The first kappa shape index (κ1) is 25.1. The SMILES string of the molecule is Cc1sc2ncn(CC(=O)NCCC3=CCCCC3)c(=O)c2c1S(=O)(=O)N1C[C@H](C)C[C@H](C)C1. The highest BCUT2D eigenvalue weighted by Gasteiger charge is 2.35. The molecule has 2 atom stereocenters. The highest BCUT2D eigenvalue weighted by molar-refractivity contribution is 7.89. The number of thiophene rings is 1. The van der Waals surface area contributed by atoms with Crippen molar-refractivity contribution in [3.8, 4) is 0 Å². The Balaban J connectivity index is 1.56. The van der Waals surface area contributed by atoms with E-state index in [0.717, 1.165) is 25.7 Å². The fourth-order valence-electron chi connectivity index (χ4n) is 5.17. The molecule has 1 fully saturated rings. The Hall–Kier alpha value is -2.04. The maximum atomic E-state index is 13.6. The molecule has 1 saturated heterocycles. The van der Waals surface area contributed by atoms with Crippen LogP contribution >= 0.6 is 11.3 Å². The molecule has 1 aliphatic heterocycles. The fraction of sp³-hybridized carbons (Fsp3) is 0.625. The van der Waals surface area contributed by atoms with Crippen LogP contribution < -0.4 is 10.9 Å². The molecule has 2 aliphatic rings. The summed E-state index contributed by atoms with van der Waals surface area (Å²) < 4.78 is 30.0. The molecule has 0 unspecified atom stereocenters. The molecule has 0 bridgehead atoms. The molecule has 1 N–H and O–H groups in total. The van der Waals surface area contributed by atoms with Crippen molar-refractivity contribution in [3.05, 3.63) is 33.2 Å². The van der Waals surface area contributed by atoms with Gasteiger partial charge >= 0.3 is 0 Å². The van der Waals surface area contributed by atoms with Crippen LogP contribution in [0.15, 0.2) is 27.7 Å². The van der Waals surface area contributed by atoms with Crippen LogP contribution in [0.5, 0.6) is 0 Å². The van der Waals surface area contributed by atoms with E-state index in [9.17, 15) is 18.0 Å². The number of aromatic nitrogens is 2. The van der Waals surface area contributed by atoms with E-state index in [0.29, 0.717) is 29.3 Å². The van der Waals surface area contributed by atoms with Gasteiger partial charge in [-0.3, -0.25) is 14.2 Å². The lowest BCUT2D eigenvalue weighted by molar-refractivity contribution is -0.121. The molecule has 34 heavy (non-hydrogen) atoms. The van der Waals surface area contributed by atoms with E-state index in [1.165, 1.54) is 45.0 Å². The van der Waals surface area contributed by atoms with Gasteiger partial charge < -0.3 is 5.32 Å². The molecule has 186 valence electrons. The molecular weight excluding hydrogens is 472 g/mol. The topological polar surface area (TPSA) is 101 Å². The van der Waals surface area contributed by atoms with Crippen LogP contribution in [0.4, 0.5) is 0 Å². The second-order valence-corrected chi connectivity index (χ2v) is 12.9. The number of sulfonamides is 1. The number of carbonyl (C=O) groups is 1. The molecule has 1 aliphatic carbocycles. The average molecular weight is 507 g/mol. The van der Waals surface area contributed by atoms with Gasteiger partial charge in [-0.25, -0.2) is 13.4 Å². The van der Waals surface area contributed by atoms with Gasteiger partial charge in [-0.1, -0.05) is 25.5 Å². The number of allylic oxidation sites excluding steroid dienone is 1.